The molecule has 1 atom stereocenters. The Morgan fingerprint density at radius 3 is 2.60 bits per heavy atom. The van der Waals surface area contributed by atoms with Crippen LogP contribution in [-0.4, -0.2) is 24.4 Å². The second-order valence-electron chi connectivity index (χ2n) is 6.20. The van der Waals surface area contributed by atoms with Gasteiger partial charge in [0.1, 0.15) is 17.7 Å². The molecule has 0 spiro atoms. The first-order chi connectivity index (χ1) is 11.9. The van der Waals surface area contributed by atoms with Gasteiger partial charge in [-0.15, -0.1) is 0 Å². The monoisotopic (exact) mass is 344 g/mol. The number of carbonyl (C=O) groups excluding carboxylic acids is 2. The summed E-state index contributed by atoms with van der Waals surface area (Å²) < 4.78 is 26.9. The van der Waals surface area contributed by atoms with Crippen molar-refractivity contribution in [2.24, 2.45) is 0 Å². The fraction of sp³-hybridized carbons (Fsp3) is 0.263. The zero-order valence-electron chi connectivity index (χ0n) is 14.0. The lowest BCUT2D eigenvalue weighted by molar-refractivity contribution is -0.118. The minimum atomic E-state index is -0.824. The molecule has 25 heavy (non-hydrogen) atoms. The quantitative estimate of drug-likeness (QED) is 0.930. The van der Waals surface area contributed by atoms with E-state index in [9.17, 15) is 18.4 Å². The molecule has 1 fully saturated rings. The van der Waals surface area contributed by atoms with E-state index in [4.69, 9.17) is 0 Å². The van der Waals surface area contributed by atoms with Gasteiger partial charge in [-0.1, -0.05) is 6.07 Å². The van der Waals surface area contributed by atoms with E-state index in [2.05, 4.69) is 5.32 Å². The zero-order valence-corrected chi connectivity index (χ0v) is 14.0. The van der Waals surface area contributed by atoms with E-state index in [0.717, 1.165) is 35.0 Å². The standard InChI is InChI=1S/C19H18F2N2O2/c1-11-3-5-14(9-12(11)2)23-8-7-17(19(23)25)22-18(24)15-10-13(20)4-6-16(15)21/h3-6,9-10,17H,7-8H2,1-2H3,(H,22,24)/t17-/m1/s1. The highest BCUT2D eigenvalue weighted by Gasteiger charge is 2.34. The molecule has 2 amide bonds. The maximum Gasteiger partial charge on any atom is 0.255 e. The fourth-order valence-electron chi connectivity index (χ4n) is 2.87. The number of amides is 2. The Morgan fingerprint density at radius 2 is 1.88 bits per heavy atom. The van der Waals surface area contributed by atoms with Crippen LogP contribution in [0.5, 0.6) is 0 Å². The minimum Gasteiger partial charge on any atom is -0.340 e. The molecule has 1 heterocycles. The van der Waals surface area contributed by atoms with Crippen molar-refractivity contribution in [2.75, 3.05) is 11.4 Å². The predicted octanol–water partition coefficient (Wildman–Crippen LogP) is 3.12. The van der Waals surface area contributed by atoms with Crippen LogP contribution in [0.3, 0.4) is 0 Å². The normalized spacial score (nSPS) is 17.0. The summed E-state index contributed by atoms with van der Waals surface area (Å²) in [5.41, 5.74) is 2.56. The second-order valence-corrected chi connectivity index (χ2v) is 6.20. The number of benzene rings is 2. The second kappa shape index (κ2) is 6.63. The molecule has 0 saturated carbocycles. The molecule has 3 rings (SSSR count). The first-order valence-corrected chi connectivity index (χ1v) is 8.01. The van der Waals surface area contributed by atoms with Gasteiger partial charge < -0.3 is 10.2 Å². The van der Waals surface area contributed by atoms with Crippen LogP contribution in [0.2, 0.25) is 0 Å². The number of carbonyl (C=O) groups is 2. The van der Waals surface area contributed by atoms with Crippen LogP contribution in [0.25, 0.3) is 0 Å². The smallest absolute Gasteiger partial charge is 0.255 e. The van der Waals surface area contributed by atoms with E-state index < -0.39 is 29.1 Å². The summed E-state index contributed by atoms with van der Waals surface area (Å²) in [7, 11) is 0. The van der Waals surface area contributed by atoms with Crippen molar-refractivity contribution in [3.63, 3.8) is 0 Å². The highest BCUT2D eigenvalue weighted by Crippen LogP contribution is 2.24. The number of anilines is 1. The molecular formula is C19H18F2N2O2. The molecule has 1 saturated heterocycles. The summed E-state index contributed by atoms with van der Waals surface area (Å²) in [5, 5.41) is 2.50. The SMILES string of the molecule is Cc1ccc(N2CC[C@@H](NC(=O)c3cc(F)ccc3F)C2=O)cc1C. The Balaban J connectivity index is 1.74. The summed E-state index contributed by atoms with van der Waals surface area (Å²) in [4.78, 5) is 26.3. The van der Waals surface area contributed by atoms with Crippen LogP contribution in [-0.2, 0) is 4.79 Å². The summed E-state index contributed by atoms with van der Waals surface area (Å²) in [6.45, 7) is 4.41. The highest BCUT2D eigenvalue weighted by molar-refractivity contribution is 6.04. The van der Waals surface area contributed by atoms with Crippen molar-refractivity contribution in [3.05, 3.63) is 64.7 Å². The Labute approximate surface area is 144 Å². The van der Waals surface area contributed by atoms with Gasteiger partial charge in [-0.3, -0.25) is 9.59 Å². The molecule has 0 bridgehead atoms. The number of halogens is 2. The molecule has 2 aromatic carbocycles. The largest absolute Gasteiger partial charge is 0.340 e. The van der Waals surface area contributed by atoms with Gasteiger partial charge in [0, 0.05) is 12.2 Å². The van der Waals surface area contributed by atoms with E-state index in [1.807, 2.05) is 32.0 Å². The zero-order chi connectivity index (χ0) is 18.1. The first-order valence-electron chi connectivity index (χ1n) is 8.01. The first kappa shape index (κ1) is 17.1. The Hall–Kier alpha value is -2.76. The minimum absolute atomic E-state index is 0.256. The third-order valence-corrected chi connectivity index (χ3v) is 4.49. The lowest BCUT2D eigenvalue weighted by atomic mass is 10.1. The Kier molecular flexibility index (Phi) is 4.53. The van der Waals surface area contributed by atoms with Gasteiger partial charge in [0.2, 0.25) is 5.91 Å². The van der Waals surface area contributed by atoms with Gasteiger partial charge in [0.05, 0.1) is 5.56 Å². The lowest BCUT2D eigenvalue weighted by Crippen LogP contribution is -2.41. The van der Waals surface area contributed by atoms with Gasteiger partial charge in [0.15, 0.2) is 0 Å². The topological polar surface area (TPSA) is 49.4 Å². The van der Waals surface area contributed by atoms with Crippen molar-refractivity contribution in [2.45, 2.75) is 26.3 Å². The van der Waals surface area contributed by atoms with Crippen LogP contribution in [0.4, 0.5) is 14.5 Å². The fourth-order valence-corrected chi connectivity index (χ4v) is 2.87. The number of aryl methyl sites for hydroxylation is 2. The molecule has 0 aromatic heterocycles. The molecule has 0 unspecified atom stereocenters. The summed E-state index contributed by atoms with van der Waals surface area (Å²) in [5.74, 6) is -2.58. The predicted molar refractivity (Wildman–Crippen MR) is 90.5 cm³/mol. The average molecular weight is 344 g/mol. The third-order valence-electron chi connectivity index (χ3n) is 4.49. The van der Waals surface area contributed by atoms with E-state index >= 15 is 0 Å². The van der Waals surface area contributed by atoms with E-state index in [1.165, 1.54) is 0 Å². The maximum atomic E-state index is 13.7. The highest BCUT2D eigenvalue weighted by atomic mass is 19.1. The lowest BCUT2D eigenvalue weighted by Gasteiger charge is -2.18. The number of nitrogens with one attached hydrogen (secondary N) is 1. The van der Waals surface area contributed by atoms with Gasteiger partial charge in [-0.25, -0.2) is 8.78 Å². The van der Waals surface area contributed by atoms with Crippen LogP contribution in [0, 0.1) is 25.5 Å². The van der Waals surface area contributed by atoms with Crippen LogP contribution >= 0.6 is 0 Å². The molecular weight excluding hydrogens is 326 g/mol. The molecule has 1 aliphatic rings. The molecule has 0 radical (unpaired) electrons. The molecule has 2 aromatic rings. The summed E-state index contributed by atoms with van der Waals surface area (Å²) in [6, 6.07) is 7.62. The number of nitrogens with zero attached hydrogens (tertiary/aromatic N) is 1. The van der Waals surface area contributed by atoms with Gasteiger partial charge in [-0.2, -0.15) is 0 Å². The maximum absolute atomic E-state index is 13.7. The molecule has 6 heteroatoms. The summed E-state index contributed by atoms with van der Waals surface area (Å²) >= 11 is 0. The van der Waals surface area contributed by atoms with Crippen molar-refractivity contribution in [1.82, 2.24) is 5.32 Å². The van der Waals surface area contributed by atoms with Crippen LogP contribution in [0.1, 0.15) is 27.9 Å². The molecule has 4 nitrogen and oxygen atoms in total. The number of hydrogen-bond acceptors (Lipinski definition) is 2. The van der Waals surface area contributed by atoms with Gasteiger partial charge in [0.25, 0.3) is 5.91 Å². The average Bonchev–Trinajstić information content (AvgIpc) is 2.93. The number of rotatable bonds is 3. The van der Waals surface area contributed by atoms with E-state index in [1.54, 1.807) is 4.90 Å². The van der Waals surface area contributed by atoms with Crippen LogP contribution in [0.15, 0.2) is 36.4 Å². The van der Waals surface area contributed by atoms with E-state index in [-0.39, 0.29) is 5.91 Å². The van der Waals surface area contributed by atoms with Crippen molar-refractivity contribution in [1.29, 1.82) is 0 Å². The van der Waals surface area contributed by atoms with Crippen molar-refractivity contribution >= 4 is 17.5 Å². The van der Waals surface area contributed by atoms with Crippen molar-refractivity contribution in [3.8, 4) is 0 Å². The third kappa shape index (κ3) is 3.38. The molecule has 1 N–H and O–H groups in total. The Morgan fingerprint density at radius 1 is 1.12 bits per heavy atom. The van der Waals surface area contributed by atoms with Gasteiger partial charge >= 0.3 is 0 Å². The van der Waals surface area contributed by atoms with Crippen molar-refractivity contribution < 1.29 is 18.4 Å². The summed E-state index contributed by atoms with van der Waals surface area (Å²) in [6.07, 6.45) is 0.411. The molecule has 130 valence electrons. The van der Waals surface area contributed by atoms with E-state index in [0.29, 0.717) is 13.0 Å². The van der Waals surface area contributed by atoms with Crippen LogP contribution < -0.4 is 10.2 Å². The van der Waals surface area contributed by atoms with Gasteiger partial charge in [-0.05, 0) is 61.7 Å². The molecule has 1 aliphatic heterocycles. The Bertz CT molecular complexity index is 851. The molecule has 0 aliphatic carbocycles. The number of hydrogen-bond donors (Lipinski definition) is 1.